The number of carbonyl (C=O) groups is 2. The van der Waals surface area contributed by atoms with Crippen molar-refractivity contribution in [1.29, 1.82) is 0 Å². The fourth-order valence-corrected chi connectivity index (χ4v) is 4.19. The van der Waals surface area contributed by atoms with Crippen LogP contribution in [-0.4, -0.2) is 57.6 Å². The van der Waals surface area contributed by atoms with Gasteiger partial charge in [-0.15, -0.1) is 0 Å². The van der Waals surface area contributed by atoms with Crippen LogP contribution in [0.25, 0.3) is 0 Å². The monoisotopic (exact) mass is 475 g/mol. The molecule has 9 heteroatoms. The van der Waals surface area contributed by atoms with Crippen LogP contribution in [0, 0.1) is 0 Å². The van der Waals surface area contributed by atoms with Crippen LogP contribution in [0.1, 0.15) is 31.9 Å². The molecule has 0 spiro atoms. The van der Waals surface area contributed by atoms with Gasteiger partial charge in [0.1, 0.15) is 18.3 Å². The largest absolute Gasteiger partial charge is 0.497 e. The molecular formula is C24H33N3O5S. The minimum Gasteiger partial charge on any atom is -0.497 e. The minimum absolute atomic E-state index is 0.146. The molecule has 0 saturated heterocycles. The number of likely N-dealkylation sites (N-methyl/N-ethyl adjacent to an activating group) is 1. The Bertz CT molecular complexity index is 1040. The van der Waals surface area contributed by atoms with Crippen molar-refractivity contribution >= 4 is 27.5 Å². The number of aryl methyl sites for hydroxylation is 1. The normalized spacial score (nSPS) is 12.0. The van der Waals surface area contributed by atoms with Gasteiger partial charge in [-0.3, -0.25) is 13.9 Å². The molecule has 0 radical (unpaired) electrons. The highest BCUT2D eigenvalue weighted by Gasteiger charge is 2.29. The lowest BCUT2D eigenvalue weighted by Crippen LogP contribution is -2.51. The Kier molecular flexibility index (Phi) is 9.28. The number of amides is 2. The van der Waals surface area contributed by atoms with E-state index in [0.717, 1.165) is 28.1 Å². The van der Waals surface area contributed by atoms with Crippen molar-refractivity contribution in [2.75, 3.05) is 30.8 Å². The third kappa shape index (κ3) is 7.21. The molecule has 0 bridgehead atoms. The molecule has 0 aliphatic rings. The summed E-state index contributed by atoms with van der Waals surface area (Å²) in [5.74, 6) is -0.112. The number of sulfonamides is 1. The SMILES string of the molecule is CCNC(=O)C(C)N(Cc1ccc(OC)cc1)C(=O)CN(c1ccc(CC)cc1)S(C)(=O)=O. The number of nitrogens with one attached hydrogen (secondary N) is 1. The van der Waals surface area contributed by atoms with Gasteiger partial charge in [0.25, 0.3) is 0 Å². The summed E-state index contributed by atoms with van der Waals surface area (Å²) in [4.78, 5) is 27.3. The van der Waals surface area contributed by atoms with Gasteiger partial charge in [0.2, 0.25) is 21.8 Å². The van der Waals surface area contributed by atoms with Crippen molar-refractivity contribution in [1.82, 2.24) is 10.2 Å². The zero-order valence-corrected chi connectivity index (χ0v) is 20.7. The van der Waals surface area contributed by atoms with Crippen LogP contribution in [-0.2, 0) is 32.6 Å². The number of benzene rings is 2. The number of methoxy groups -OCH3 is 1. The molecule has 0 aromatic heterocycles. The Morgan fingerprint density at radius 3 is 2.06 bits per heavy atom. The van der Waals surface area contributed by atoms with Crippen LogP contribution in [0.2, 0.25) is 0 Å². The first-order chi connectivity index (χ1) is 15.6. The Hall–Kier alpha value is -3.07. The number of anilines is 1. The predicted molar refractivity (Wildman–Crippen MR) is 130 cm³/mol. The molecule has 180 valence electrons. The number of hydrogen-bond acceptors (Lipinski definition) is 5. The van der Waals surface area contributed by atoms with E-state index >= 15 is 0 Å². The fraction of sp³-hybridized carbons (Fsp3) is 0.417. The molecule has 2 aromatic rings. The van der Waals surface area contributed by atoms with Gasteiger partial charge in [0.05, 0.1) is 19.1 Å². The van der Waals surface area contributed by atoms with Gasteiger partial charge in [0, 0.05) is 13.1 Å². The van der Waals surface area contributed by atoms with Crippen LogP contribution >= 0.6 is 0 Å². The van der Waals surface area contributed by atoms with Crippen LogP contribution < -0.4 is 14.4 Å². The standard InChI is InChI=1S/C24H33N3O5S/c1-6-19-8-12-21(13-9-19)27(33(5,30)31)17-23(28)26(18(3)24(29)25-7-2)16-20-10-14-22(32-4)15-11-20/h8-15,18H,6-7,16-17H2,1-5H3,(H,25,29). The maximum absolute atomic E-state index is 13.4. The van der Waals surface area contributed by atoms with Crippen molar-refractivity contribution in [3.8, 4) is 5.75 Å². The van der Waals surface area contributed by atoms with E-state index in [4.69, 9.17) is 4.74 Å². The van der Waals surface area contributed by atoms with E-state index in [1.807, 2.05) is 19.1 Å². The van der Waals surface area contributed by atoms with Crippen molar-refractivity contribution in [3.63, 3.8) is 0 Å². The van der Waals surface area contributed by atoms with Crippen LogP contribution in [0.15, 0.2) is 48.5 Å². The molecule has 33 heavy (non-hydrogen) atoms. The first-order valence-electron chi connectivity index (χ1n) is 10.9. The third-order valence-electron chi connectivity index (χ3n) is 5.34. The summed E-state index contributed by atoms with van der Waals surface area (Å²) in [6.45, 7) is 5.59. The summed E-state index contributed by atoms with van der Waals surface area (Å²) < 4.78 is 31.3. The van der Waals surface area contributed by atoms with E-state index in [1.54, 1.807) is 57.4 Å². The molecule has 2 rings (SSSR count). The summed E-state index contributed by atoms with van der Waals surface area (Å²) in [6, 6.07) is 13.4. The lowest BCUT2D eigenvalue weighted by Gasteiger charge is -2.31. The molecule has 0 saturated carbocycles. The number of nitrogens with zero attached hydrogens (tertiary/aromatic N) is 2. The van der Waals surface area contributed by atoms with E-state index in [0.29, 0.717) is 18.0 Å². The number of ether oxygens (including phenoxy) is 1. The molecule has 0 aliphatic heterocycles. The fourth-order valence-electron chi connectivity index (χ4n) is 3.34. The summed E-state index contributed by atoms with van der Waals surface area (Å²) in [5.41, 5.74) is 2.25. The van der Waals surface area contributed by atoms with Gasteiger partial charge in [-0.2, -0.15) is 0 Å². The smallest absolute Gasteiger partial charge is 0.244 e. The van der Waals surface area contributed by atoms with E-state index in [-0.39, 0.29) is 12.5 Å². The van der Waals surface area contributed by atoms with E-state index in [2.05, 4.69) is 5.32 Å². The van der Waals surface area contributed by atoms with Gasteiger partial charge >= 0.3 is 0 Å². The molecule has 8 nitrogen and oxygen atoms in total. The lowest BCUT2D eigenvalue weighted by molar-refractivity contribution is -0.139. The summed E-state index contributed by atoms with van der Waals surface area (Å²) in [5, 5.41) is 2.73. The third-order valence-corrected chi connectivity index (χ3v) is 6.48. The van der Waals surface area contributed by atoms with Gasteiger partial charge < -0.3 is 15.0 Å². The van der Waals surface area contributed by atoms with Crippen LogP contribution in [0.3, 0.4) is 0 Å². The molecule has 1 N–H and O–H groups in total. The molecule has 0 aliphatic carbocycles. The quantitative estimate of drug-likeness (QED) is 0.539. The zero-order valence-electron chi connectivity index (χ0n) is 19.9. The summed E-state index contributed by atoms with van der Waals surface area (Å²) in [6.07, 6.45) is 1.88. The second kappa shape index (κ2) is 11.7. The van der Waals surface area contributed by atoms with E-state index in [1.165, 1.54) is 4.90 Å². The Morgan fingerprint density at radius 1 is 1.00 bits per heavy atom. The molecule has 1 atom stereocenters. The number of hydrogen-bond donors (Lipinski definition) is 1. The molecule has 0 heterocycles. The predicted octanol–water partition coefficient (Wildman–Crippen LogP) is 2.58. The Balaban J connectivity index is 2.35. The average molecular weight is 476 g/mol. The molecule has 2 aromatic carbocycles. The first-order valence-corrected chi connectivity index (χ1v) is 12.7. The van der Waals surface area contributed by atoms with Crippen LogP contribution in [0.5, 0.6) is 5.75 Å². The summed E-state index contributed by atoms with van der Waals surface area (Å²) in [7, 11) is -2.17. The van der Waals surface area contributed by atoms with Gasteiger partial charge in [0.15, 0.2) is 0 Å². The van der Waals surface area contributed by atoms with Gasteiger partial charge in [-0.1, -0.05) is 31.2 Å². The van der Waals surface area contributed by atoms with Gasteiger partial charge in [-0.05, 0) is 55.7 Å². The summed E-state index contributed by atoms with van der Waals surface area (Å²) >= 11 is 0. The van der Waals surface area contributed by atoms with Crippen molar-refractivity contribution < 1.29 is 22.7 Å². The Morgan fingerprint density at radius 2 is 1.58 bits per heavy atom. The molecule has 2 amide bonds. The topological polar surface area (TPSA) is 96.0 Å². The highest BCUT2D eigenvalue weighted by molar-refractivity contribution is 7.92. The Labute approximate surface area is 196 Å². The maximum atomic E-state index is 13.4. The molecule has 0 fully saturated rings. The molecular weight excluding hydrogens is 442 g/mol. The second-order valence-electron chi connectivity index (χ2n) is 7.73. The van der Waals surface area contributed by atoms with E-state index < -0.39 is 28.5 Å². The second-order valence-corrected chi connectivity index (χ2v) is 9.64. The maximum Gasteiger partial charge on any atom is 0.244 e. The molecule has 1 unspecified atom stereocenters. The van der Waals surface area contributed by atoms with Crippen LogP contribution in [0.4, 0.5) is 5.69 Å². The lowest BCUT2D eigenvalue weighted by atomic mass is 10.1. The minimum atomic E-state index is -3.74. The highest BCUT2D eigenvalue weighted by atomic mass is 32.2. The van der Waals surface area contributed by atoms with Crippen molar-refractivity contribution in [3.05, 3.63) is 59.7 Å². The average Bonchev–Trinajstić information content (AvgIpc) is 2.80. The highest BCUT2D eigenvalue weighted by Crippen LogP contribution is 2.20. The van der Waals surface area contributed by atoms with Gasteiger partial charge in [-0.25, -0.2) is 8.42 Å². The van der Waals surface area contributed by atoms with E-state index in [9.17, 15) is 18.0 Å². The number of rotatable bonds is 11. The zero-order chi connectivity index (χ0) is 24.6. The van der Waals surface area contributed by atoms with Crippen molar-refractivity contribution in [2.24, 2.45) is 0 Å². The number of carbonyl (C=O) groups excluding carboxylic acids is 2. The van der Waals surface area contributed by atoms with Crippen molar-refractivity contribution in [2.45, 2.75) is 39.8 Å². The first kappa shape index (κ1) is 26.2.